The molecule has 1 atom stereocenters. The fourth-order valence-corrected chi connectivity index (χ4v) is 3.45. The molecule has 2 aromatic rings. The number of carbonyl (C=O) groups is 1. The van der Waals surface area contributed by atoms with Gasteiger partial charge in [0.1, 0.15) is 0 Å². The van der Waals surface area contributed by atoms with Crippen LogP contribution >= 0.6 is 0 Å². The third-order valence-corrected chi connectivity index (χ3v) is 5.46. The third kappa shape index (κ3) is 5.70. The normalized spacial score (nSPS) is 12.3. The Morgan fingerprint density at radius 1 is 1.04 bits per heavy atom. The molecule has 0 saturated carbocycles. The number of sulfonamides is 1. The molecule has 146 valence electrons. The summed E-state index contributed by atoms with van der Waals surface area (Å²) in [5.41, 5.74) is 1.10. The predicted molar refractivity (Wildman–Crippen MR) is 103 cm³/mol. The Kier molecular flexibility index (Phi) is 7.20. The summed E-state index contributed by atoms with van der Waals surface area (Å²) >= 11 is 0. The van der Waals surface area contributed by atoms with E-state index in [1.807, 2.05) is 37.3 Å². The average molecular weight is 392 g/mol. The van der Waals surface area contributed by atoms with E-state index in [2.05, 4.69) is 10.0 Å². The molecule has 0 aliphatic heterocycles. The number of hydrogen-bond donors (Lipinski definition) is 2. The molecule has 0 bridgehead atoms. The van der Waals surface area contributed by atoms with Crippen molar-refractivity contribution in [2.45, 2.75) is 17.7 Å². The van der Waals surface area contributed by atoms with E-state index >= 15 is 0 Å². The van der Waals surface area contributed by atoms with Crippen LogP contribution in [0.5, 0.6) is 11.5 Å². The highest BCUT2D eigenvalue weighted by atomic mass is 32.2. The molecule has 0 aliphatic rings. The van der Waals surface area contributed by atoms with Gasteiger partial charge in [-0.3, -0.25) is 4.79 Å². The number of ether oxygens (including phenoxy) is 2. The van der Waals surface area contributed by atoms with Gasteiger partial charge in [-0.2, -0.15) is 0 Å². The van der Waals surface area contributed by atoms with E-state index in [1.54, 1.807) is 0 Å². The first-order valence-corrected chi connectivity index (χ1v) is 9.89. The number of nitrogens with one attached hydrogen (secondary N) is 2. The molecule has 0 aliphatic carbocycles. The highest BCUT2D eigenvalue weighted by Gasteiger charge is 2.18. The first-order chi connectivity index (χ1) is 12.9. The minimum atomic E-state index is -3.85. The molecule has 1 amide bonds. The van der Waals surface area contributed by atoms with Gasteiger partial charge in [-0.25, -0.2) is 13.1 Å². The number of benzene rings is 2. The highest BCUT2D eigenvalue weighted by Crippen LogP contribution is 2.29. The molecule has 0 saturated heterocycles. The molecule has 0 spiro atoms. The zero-order chi connectivity index (χ0) is 19.9. The fraction of sp³-hybridized carbons (Fsp3) is 0.316. The lowest BCUT2D eigenvalue weighted by molar-refractivity contribution is -0.120. The maximum absolute atomic E-state index is 12.4. The summed E-state index contributed by atoms with van der Waals surface area (Å²) in [6, 6.07) is 14.0. The Morgan fingerprint density at radius 2 is 1.70 bits per heavy atom. The van der Waals surface area contributed by atoms with Crippen LogP contribution in [-0.4, -0.2) is 41.6 Å². The Bertz CT molecular complexity index is 869. The second-order valence-electron chi connectivity index (χ2n) is 5.96. The largest absolute Gasteiger partial charge is 0.493 e. The van der Waals surface area contributed by atoms with Crippen LogP contribution < -0.4 is 19.5 Å². The molecule has 0 fully saturated rings. The predicted octanol–water partition coefficient (Wildman–Crippen LogP) is 1.90. The van der Waals surface area contributed by atoms with Gasteiger partial charge in [-0.1, -0.05) is 37.3 Å². The van der Waals surface area contributed by atoms with Gasteiger partial charge in [-0.05, 0) is 23.6 Å². The Labute approximate surface area is 159 Å². The molecule has 0 radical (unpaired) electrons. The summed E-state index contributed by atoms with van der Waals surface area (Å²) in [4.78, 5) is 12.0. The molecule has 2 aromatic carbocycles. The Balaban J connectivity index is 1.92. The van der Waals surface area contributed by atoms with Gasteiger partial charge in [0, 0.05) is 12.6 Å². The van der Waals surface area contributed by atoms with Crippen LogP contribution in [0.15, 0.2) is 53.4 Å². The first-order valence-electron chi connectivity index (χ1n) is 8.40. The summed E-state index contributed by atoms with van der Waals surface area (Å²) < 4.78 is 37.2. The van der Waals surface area contributed by atoms with Crippen LogP contribution in [0.3, 0.4) is 0 Å². The van der Waals surface area contributed by atoms with Crippen molar-refractivity contribution in [3.05, 3.63) is 54.1 Å². The van der Waals surface area contributed by atoms with E-state index in [1.165, 1.54) is 32.4 Å². The molecule has 7 nitrogen and oxygen atoms in total. The number of hydrogen-bond acceptors (Lipinski definition) is 5. The van der Waals surface area contributed by atoms with Gasteiger partial charge in [0.2, 0.25) is 15.9 Å². The lowest BCUT2D eigenvalue weighted by Crippen LogP contribution is -2.38. The van der Waals surface area contributed by atoms with Crippen LogP contribution in [0, 0.1) is 0 Å². The molecule has 8 heteroatoms. The second kappa shape index (κ2) is 9.38. The van der Waals surface area contributed by atoms with Gasteiger partial charge >= 0.3 is 0 Å². The van der Waals surface area contributed by atoms with Crippen molar-refractivity contribution in [2.75, 3.05) is 27.3 Å². The third-order valence-electron chi connectivity index (χ3n) is 4.06. The van der Waals surface area contributed by atoms with Crippen molar-refractivity contribution in [3.8, 4) is 11.5 Å². The van der Waals surface area contributed by atoms with Crippen molar-refractivity contribution in [2.24, 2.45) is 0 Å². The maximum atomic E-state index is 12.4. The van der Waals surface area contributed by atoms with Crippen LogP contribution in [0.4, 0.5) is 0 Å². The molecule has 0 unspecified atom stereocenters. The van der Waals surface area contributed by atoms with E-state index < -0.39 is 15.9 Å². The lowest BCUT2D eigenvalue weighted by atomic mass is 10.0. The van der Waals surface area contributed by atoms with Crippen molar-refractivity contribution < 1.29 is 22.7 Å². The standard InChI is InChI=1S/C19H24N2O5S/c1-14(15-7-5-4-6-8-15)12-20-19(22)13-21-27(23,24)16-9-10-17(25-2)18(11-16)26-3/h4-11,14,21H,12-13H2,1-3H3,(H,20,22)/t14-/m0/s1. The van der Waals surface area contributed by atoms with Gasteiger partial charge in [0.25, 0.3) is 0 Å². The monoisotopic (exact) mass is 392 g/mol. The van der Waals surface area contributed by atoms with Crippen molar-refractivity contribution in [1.82, 2.24) is 10.0 Å². The molecule has 0 aromatic heterocycles. The van der Waals surface area contributed by atoms with Crippen LogP contribution in [-0.2, 0) is 14.8 Å². The van der Waals surface area contributed by atoms with E-state index in [0.29, 0.717) is 18.0 Å². The Morgan fingerprint density at radius 3 is 2.33 bits per heavy atom. The topological polar surface area (TPSA) is 93.7 Å². The van der Waals surface area contributed by atoms with Gasteiger partial charge in [0.05, 0.1) is 25.7 Å². The van der Waals surface area contributed by atoms with Gasteiger partial charge in [0.15, 0.2) is 11.5 Å². The van der Waals surface area contributed by atoms with E-state index in [4.69, 9.17) is 9.47 Å². The van der Waals surface area contributed by atoms with Gasteiger partial charge in [-0.15, -0.1) is 0 Å². The van der Waals surface area contributed by atoms with Crippen LogP contribution in [0.2, 0.25) is 0 Å². The SMILES string of the molecule is COc1ccc(S(=O)(=O)NCC(=O)NC[C@H](C)c2ccccc2)cc1OC. The summed E-state index contributed by atoms with van der Waals surface area (Å²) in [6.07, 6.45) is 0. The molecule has 0 heterocycles. The Hall–Kier alpha value is -2.58. The van der Waals surface area contributed by atoms with Gasteiger partial charge < -0.3 is 14.8 Å². The maximum Gasteiger partial charge on any atom is 0.241 e. The number of amides is 1. The van der Waals surface area contributed by atoms with E-state index in [9.17, 15) is 13.2 Å². The summed E-state index contributed by atoms with van der Waals surface area (Å²) in [5, 5.41) is 2.74. The molecular formula is C19H24N2O5S. The van der Waals surface area contributed by atoms with Crippen molar-refractivity contribution >= 4 is 15.9 Å². The van der Waals surface area contributed by atoms with Crippen LogP contribution in [0.1, 0.15) is 18.4 Å². The molecule has 27 heavy (non-hydrogen) atoms. The molecule has 2 N–H and O–H groups in total. The molecular weight excluding hydrogens is 368 g/mol. The smallest absolute Gasteiger partial charge is 0.241 e. The molecule has 2 rings (SSSR count). The van der Waals surface area contributed by atoms with Crippen molar-refractivity contribution in [3.63, 3.8) is 0 Å². The second-order valence-corrected chi connectivity index (χ2v) is 7.72. The summed E-state index contributed by atoms with van der Waals surface area (Å²) in [5.74, 6) is 0.435. The van der Waals surface area contributed by atoms with Crippen molar-refractivity contribution in [1.29, 1.82) is 0 Å². The first kappa shape index (κ1) is 20.7. The number of methoxy groups -OCH3 is 2. The van der Waals surface area contributed by atoms with E-state index in [0.717, 1.165) is 5.56 Å². The van der Waals surface area contributed by atoms with Crippen LogP contribution in [0.25, 0.3) is 0 Å². The van der Waals surface area contributed by atoms with E-state index in [-0.39, 0.29) is 17.4 Å². The summed E-state index contributed by atoms with van der Waals surface area (Å²) in [6.45, 7) is 2.06. The quantitative estimate of drug-likeness (QED) is 0.680. The zero-order valence-corrected chi connectivity index (χ0v) is 16.4. The number of rotatable bonds is 9. The highest BCUT2D eigenvalue weighted by molar-refractivity contribution is 7.89. The summed E-state index contributed by atoms with van der Waals surface area (Å²) in [7, 11) is -0.967. The minimum absolute atomic E-state index is 0.00870. The minimum Gasteiger partial charge on any atom is -0.493 e. The number of carbonyl (C=O) groups excluding carboxylic acids is 1. The lowest BCUT2D eigenvalue weighted by Gasteiger charge is -2.14. The fourth-order valence-electron chi connectivity index (χ4n) is 2.46. The zero-order valence-electron chi connectivity index (χ0n) is 15.6. The average Bonchev–Trinajstić information content (AvgIpc) is 2.70.